The molecule has 0 atom stereocenters. The molecule has 2 heterocycles. The highest BCUT2D eigenvalue weighted by molar-refractivity contribution is 5.92. The van der Waals surface area contributed by atoms with Gasteiger partial charge in [0.25, 0.3) is 0 Å². The number of halogens is 3. The van der Waals surface area contributed by atoms with Crippen molar-refractivity contribution in [2.75, 3.05) is 38.0 Å². The van der Waals surface area contributed by atoms with Crippen LogP contribution in [-0.2, 0) is 17.5 Å². The molecule has 0 aliphatic carbocycles. The number of pyridine rings is 1. The normalized spacial score (nSPS) is 16.1. The molecule has 1 saturated heterocycles. The maximum absolute atomic E-state index is 12.8. The second kappa shape index (κ2) is 8.70. The lowest BCUT2D eigenvalue weighted by molar-refractivity contribution is -0.141. The fourth-order valence-corrected chi connectivity index (χ4v) is 3.13. The summed E-state index contributed by atoms with van der Waals surface area (Å²) >= 11 is 0. The van der Waals surface area contributed by atoms with Crippen molar-refractivity contribution in [3.05, 3.63) is 59.4 Å². The van der Waals surface area contributed by atoms with Gasteiger partial charge in [0.1, 0.15) is 5.69 Å². The number of rotatable bonds is 5. The van der Waals surface area contributed by atoms with E-state index in [1.54, 1.807) is 6.07 Å². The molecular formula is C20H23F3N4O. The van der Waals surface area contributed by atoms with Gasteiger partial charge in [0.2, 0.25) is 5.91 Å². The monoisotopic (exact) mass is 392 g/mol. The Morgan fingerprint density at radius 1 is 1.07 bits per heavy atom. The fraction of sp³-hybridized carbons (Fsp3) is 0.400. The minimum Gasteiger partial charge on any atom is -0.325 e. The third-order valence-electron chi connectivity index (χ3n) is 4.69. The van der Waals surface area contributed by atoms with Crippen LogP contribution < -0.4 is 5.32 Å². The van der Waals surface area contributed by atoms with Crippen LogP contribution in [0.1, 0.15) is 16.8 Å². The Bertz CT molecular complexity index is 800. The van der Waals surface area contributed by atoms with E-state index < -0.39 is 11.9 Å². The van der Waals surface area contributed by atoms with E-state index in [4.69, 9.17) is 0 Å². The molecule has 5 nitrogen and oxygen atoms in total. The first-order valence-electron chi connectivity index (χ1n) is 9.13. The zero-order chi connectivity index (χ0) is 20.1. The maximum Gasteiger partial charge on any atom is 0.433 e. The Balaban J connectivity index is 1.45. The minimum atomic E-state index is -4.43. The molecule has 1 aliphatic rings. The molecule has 0 unspecified atom stereocenters. The van der Waals surface area contributed by atoms with Gasteiger partial charge in [0.15, 0.2) is 0 Å². The summed E-state index contributed by atoms with van der Waals surface area (Å²) < 4.78 is 38.3. The van der Waals surface area contributed by atoms with Crippen LogP contribution >= 0.6 is 0 Å². The molecule has 0 spiro atoms. The largest absolute Gasteiger partial charge is 0.433 e. The van der Waals surface area contributed by atoms with Crippen LogP contribution in [0.25, 0.3) is 0 Å². The van der Waals surface area contributed by atoms with Crippen LogP contribution in [-0.4, -0.2) is 53.4 Å². The van der Waals surface area contributed by atoms with Gasteiger partial charge in [-0.1, -0.05) is 17.7 Å². The van der Waals surface area contributed by atoms with Crippen LogP contribution in [0, 0.1) is 6.92 Å². The van der Waals surface area contributed by atoms with Crippen molar-refractivity contribution in [2.24, 2.45) is 0 Å². The molecule has 0 bridgehead atoms. The molecule has 1 fully saturated rings. The number of benzene rings is 1. The second-order valence-electron chi connectivity index (χ2n) is 7.01. The number of carbonyl (C=O) groups excluding carboxylic acids is 1. The molecule has 8 heteroatoms. The van der Waals surface area contributed by atoms with Gasteiger partial charge >= 0.3 is 6.18 Å². The fourth-order valence-electron chi connectivity index (χ4n) is 3.13. The molecule has 1 aliphatic heterocycles. The number of carbonyl (C=O) groups is 1. The van der Waals surface area contributed by atoms with Crippen LogP contribution in [0.3, 0.4) is 0 Å². The third-order valence-corrected chi connectivity index (χ3v) is 4.69. The van der Waals surface area contributed by atoms with E-state index in [1.807, 2.05) is 36.1 Å². The Hall–Kier alpha value is -2.45. The van der Waals surface area contributed by atoms with E-state index in [0.717, 1.165) is 17.3 Å². The number of hydrogen-bond donors (Lipinski definition) is 1. The minimum absolute atomic E-state index is 0.0683. The molecule has 1 amide bonds. The Labute approximate surface area is 162 Å². The SMILES string of the molecule is Cc1ccc(NC(=O)CN2CCN(Cc3ccnc(C(F)(F)F)c3)CC2)cc1. The highest BCUT2D eigenvalue weighted by Gasteiger charge is 2.32. The van der Waals surface area contributed by atoms with Gasteiger partial charge in [-0.05, 0) is 36.8 Å². The summed E-state index contributed by atoms with van der Waals surface area (Å²) in [5.41, 5.74) is 1.63. The highest BCUT2D eigenvalue weighted by Crippen LogP contribution is 2.28. The standard InChI is InChI=1S/C20H23F3N4O/c1-15-2-4-17(5-3-15)25-19(28)14-27-10-8-26(9-11-27)13-16-6-7-24-18(12-16)20(21,22)23/h2-7,12H,8-11,13-14H2,1H3,(H,25,28). The van der Waals surface area contributed by atoms with Crippen LogP contribution in [0.5, 0.6) is 0 Å². The first-order valence-corrected chi connectivity index (χ1v) is 9.13. The van der Waals surface area contributed by atoms with Crippen molar-refractivity contribution >= 4 is 11.6 Å². The number of nitrogens with one attached hydrogen (secondary N) is 1. The van der Waals surface area contributed by atoms with Gasteiger partial charge in [0.05, 0.1) is 6.54 Å². The van der Waals surface area contributed by atoms with E-state index in [1.165, 1.54) is 6.20 Å². The molecule has 2 aromatic rings. The smallest absolute Gasteiger partial charge is 0.325 e. The van der Waals surface area contributed by atoms with E-state index in [2.05, 4.69) is 15.2 Å². The topological polar surface area (TPSA) is 48.5 Å². The number of aromatic nitrogens is 1. The average molecular weight is 392 g/mol. The van der Waals surface area contributed by atoms with Crippen molar-refractivity contribution in [1.82, 2.24) is 14.8 Å². The number of amides is 1. The zero-order valence-corrected chi connectivity index (χ0v) is 15.7. The zero-order valence-electron chi connectivity index (χ0n) is 15.7. The van der Waals surface area contributed by atoms with E-state index in [0.29, 0.717) is 44.8 Å². The number of aryl methyl sites for hydroxylation is 1. The van der Waals surface area contributed by atoms with E-state index in [-0.39, 0.29) is 5.91 Å². The summed E-state index contributed by atoms with van der Waals surface area (Å²) in [6.45, 7) is 5.51. The molecule has 1 N–H and O–H groups in total. The third kappa shape index (κ3) is 5.77. The van der Waals surface area contributed by atoms with Crippen LogP contribution in [0.4, 0.5) is 18.9 Å². The lowest BCUT2D eigenvalue weighted by atomic mass is 10.2. The molecular weight excluding hydrogens is 369 g/mol. The van der Waals surface area contributed by atoms with Gasteiger partial charge in [-0.15, -0.1) is 0 Å². The van der Waals surface area contributed by atoms with Gasteiger partial charge < -0.3 is 5.32 Å². The van der Waals surface area contributed by atoms with Crippen LogP contribution in [0.15, 0.2) is 42.6 Å². The average Bonchev–Trinajstić information content (AvgIpc) is 2.65. The number of alkyl halides is 3. The lowest BCUT2D eigenvalue weighted by Crippen LogP contribution is -2.48. The Morgan fingerprint density at radius 2 is 1.71 bits per heavy atom. The van der Waals surface area contributed by atoms with E-state index >= 15 is 0 Å². The summed E-state index contributed by atoms with van der Waals surface area (Å²) in [4.78, 5) is 19.7. The quantitative estimate of drug-likeness (QED) is 0.849. The lowest BCUT2D eigenvalue weighted by Gasteiger charge is -2.34. The highest BCUT2D eigenvalue weighted by atomic mass is 19.4. The van der Waals surface area contributed by atoms with Gasteiger partial charge in [0, 0.05) is 44.6 Å². The maximum atomic E-state index is 12.8. The second-order valence-corrected chi connectivity index (χ2v) is 7.01. The van der Waals surface area contributed by atoms with Crippen molar-refractivity contribution < 1.29 is 18.0 Å². The molecule has 28 heavy (non-hydrogen) atoms. The number of nitrogens with zero attached hydrogens (tertiary/aromatic N) is 3. The molecule has 0 saturated carbocycles. The Morgan fingerprint density at radius 3 is 2.36 bits per heavy atom. The Kier molecular flexibility index (Phi) is 6.31. The summed E-state index contributed by atoms with van der Waals surface area (Å²) in [6.07, 6.45) is -3.23. The number of anilines is 1. The number of piperazine rings is 1. The first-order chi connectivity index (χ1) is 13.3. The van der Waals surface area contributed by atoms with Crippen molar-refractivity contribution in [1.29, 1.82) is 0 Å². The predicted octanol–water partition coefficient (Wildman–Crippen LogP) is 3.17. The molecule has 150 valence electrons. The van der Waals surface area contributed by atoms with Gasteiger partial charge in [-0.2, -0.15) is 13.2 Å². The van der Waals surface area contributed by atoms with Gasteiger partial charge in [-0.25, -0.2) is 0 Å². The molecule has 3 rings (SSSR count). The van der Waals surface area contributed by atoms with Crippen molar-refractivity contribution in [3.8, 4) is 0 Å². The molecule has 1 aromatic carbocycles. The van der Waals surface area contributed by atoms with E-state index in [9.17, 15) is 18.0 Å². The van der Waals surface area contributed by atoms with Crippen molar-refractivity contribution in [2.45, 2.75) is 19.6 Å². The molecule has 1 aromatic heterocycles. The van der Waals surface area contributed by atoms with Crippen LogP contribution in [0.2, 0.25) is 0 Å². The number of hydrogen-bond acceptors (Lipinski definition) is 4. The first kappa shape index (κ1) is 20.3. The van der Waals surface area contributed by atoms with Crippen molar-refractivity contribution in [3.63, 3.8) is 0 Å². The summed E-state index contributed by atoms with van der Waals surface area (Å²) in [6, 6.07) is 10.3. The predicted molar refractivity (Wildman–Crippen MR) is 101 cm³/mol. The van der Waals surface area contributed by atoms with Gasteiger partial charge in [-0.3, -0.25) is 19.6 Å². The summed E-state index contributed by atoms with van der Waals surface area (Å²) in [5, 5.41) is 2.88. The molecule has 0 radical (unpaired) electrons. The summed E-state index contributed by atoms with van der Waals surface area (Å²) in [5.74, 6) is -0.0683. The summed E-state index contributed by atoms with van der Waals surface area (Å²) in [7, 11) is 0.